The number of nitriles is 1. The smallest absolute Gasteiger partial charge is 0.344 e. The van der Waals surface area contributed by atoms with Gasteiger partial charge in [0.05, 0.1) is 16.9 Å². The van der Waals surface area contributed by atoms with Crippen LogP contribution in [0.15, 0.2) is 28.8 Å². The Hall–Kier alpha value is -3.14. The number of esters is 1. The molecule has 0 atom stereocenters. The summed E-state index contributed by atoms with van der Waals surface area (Å²) in [6.07, 6.45) is 0. The third-order valence-corrected chi connectivity index (χ3v) is 3.27. The van der Waals surface area contributed by atoms with E-state index in [1.165, 1.54) is 0 Å². The molecule has 1 aromatic carbocycles. The molecular weight excluding hydrogens is 310 g/mol. The van der Waals surface area contributed by atoms with E-state index in [0.717, 1.165) is 0 Å². The molecule has 24 heavy (non-hydrogen) atoms. The lowest BCUT2D eigenvalue weighted by molar-refractivity contribution is -0.119. The van der Waals surface area contributed by atoms with Gasteiger partial charge in [0.2, 0.25) is 0 Å². The molecule has 0 saturated heterocycles. The fraction of sp³-hybridized carbons (Fsp3) is 0.294. The summed E-state index contributed by atoms with van der Waals surface area (Å²) in [6, 6.07) is 8.53. The highest BCUT2D eigenvalue weighted by atomic mass is 16.5. The Morgan fingerprint density at radius 3 is 2.75 bits per heavy atom. The van der Waals surface area contributed by atoms with Gasteiger partial charge < -0.3 is 14.6 Å². The zero-order valence-corrected chi connectivity index (χ0v) is 13.6. The molecule has 0 fully saturated rings. The molecule has 1 amide bonds. The second kappa shape index (κ2) is 7.42. The Kier molecular flexibility index (Phi) is 5.32. The van der Waals surface area contributed by atoms with Crippen molar-refractivity contribution in [2.75, 3.05) is 11.9 Å². The molecule has 0 aliphatic carbocycles. The summed E-state index contributed by atoms with van der Waals surface area (Å²) >= 11 is 0. The number of nitrogens with zero attached hydrogens (tertiary/aromatic N) is 2. The highest BCUT2D eigenvalue weighted by molar-refractivity contribution is 5.97. The van der Waals surface area contributed by atoms with Crippen LogP contribution in [0.3, 0.4) is 0 Å². The summed E-state index contributed by atoms with van der Waals surface area (Å²) < 4.78 is 10.2. The van der Waals surface area contributed by atoms with Gasteiger partial charge in [0.15, 0.2) is 12.4 Å². The Labute approximate surface area is 139 Å². The molecule has 0 radical (unpaired) electrons. The van der Waals surface area contributed by atoms with E-state index in [1.54, 1.807) is 31.2 Å². The molecular formula is C17H17N3O4. The topological polar surface area (TPSA) is 105 Å². The number of aryl methyl sites for hydroxylation is 1. The molecule has 0 spiro atoms. The number of hydrogen-bond donors (Lipinski definition) is 1. The highest BCUT2D eigenvalue weighted by Crippen LogP contribution is 2.23. The molecule has 2 rings (SSSR count). The molecule has 1 N–H and O–H groups in total. The van der Waals surface area contributed by atoms with Gasteiger partial charge in [-0.25, -0.2) is 4.79 Å². The van der Waals surface area contributed by atoms with Gasteiger partial charge in [-0.2, -0.15) is 5.26 Å². The number of hydrogen-bond acceptors (Lipinski definition) is 6. The van der Waals surface area contributed by atoms with Crippen LogP contribution in [0.25, 0.3) is 0 Å². The van der Waals surface area contributed by atoms with E-state index >= 15 is 0 Å². The number of nitrogens with one attached hydrogen (secondary N) is 1. The van der Waals surface area contributed by atoms with Crippen LogP contribution in [-0.4, -0.2) is 23.6 Å². The number of aromatic nitrogens is 1. The molecule has 1 heterocycles. The van der Waals surface area contributed by atoms with Gasteiger partial charge in [-0.1, -0.05) is 31.1 Å². The van der Waals surface area contributed by atoms with Crippen LogP contribution in [0.1, 0.15) is 47.1 Å². The lowest BCUT2D eigenvalue weighted by atomic mass is 10.1. The molecule has 124 valence electrons. The first-order valence-corrected chi connectivity index (χ1v) is 7.36. The molecule has 0 saturated carbocycles. The van der Waals surface area contributed by atoms with Crippen molar-refractivity contribution < 1.29 is 18.8 Å². The predicted octanol–water partition coefficient (Wildman–Crippen LogP) is 2.77. The standard InChI is InChI=1S/C17H17N3O4/c1-10(2)16-15(11(3)20-24-16)17(22)23-9-14(21)19-13-7-5-4-6-12(13)8-18/h4-7,10H,9H2,1-3H3,(H,19,21). The first kappa shape index (κ1) is 17.2. The molecule has 1 aromatic heterocycles. The maximum atomic E-state index is 12.2. The summed E-state index contributed by atoms with van der Waals surface area (Å²) in [5.41, 5.74) is 1.35. The molecule has 0 bridgehead atoms. The second-order valence-electron chi connectivity index (χ2n) is 5.44. The van der Waals surface area contributed by atoms with Crippen molar-refractivity contribution in [3.8, 4) is 6.07 Å². The number of carbonyl (C=O) groups excluding carboxylic acids is 2. The summed E-state index contributed by atoms with van der Waals surface area (Å²) in [5, 5.41) is 15.3. The average molecular weight is 327 g/mol. The third kappa shape index (κ3) is 3.79. The molecule has 2 aromatic rings. The van der Waals surface area contributed by atoms with E-state index in [-0.39, 0.29) is 11.5 Å². The van der Waals surface area contributed by atoms with Crippen molar-refractivity contribution in [1.82, 2.24) is 5.16 Å². The summed E-state index contributed by atoms with van der Waals surface area (Å²) in [6.45, 7) is 4.89. The van der Waals surface area contributed by atoms with Gasteiger partial charge in [0.1, 0.15) is 11.6 Å². The van der Waals surface area contributed by atoms with Gasteiger partial charge in [-0.3, -0.25) is 4.79 Å². The summed E-state index contributed by atoms with van der Waals surface area (Å²) in [4.78, 5) is 24.1. The lowest BCUT2D eigenvalue weighted by Gasteiger charge is -2.08. The largest absolute Gasteiger partial charge is 0.452 e. The number of rotatable bonds is 5. The minimum Gasteiger partial charge on any atom is -0.452 e. The number of benzene rings is 1. The predicted molar refractivity (Wildman–Crippen MR) is 85.4 cm³/mol. The van der Waals surface area contributed by atoms with E-state index in [0.29, 0.717) is 22.7 Å². The van der Waals surface area contributed by atoms with Gasteiger partial charge in [0, 0.05) is 5.92 Å². The molecule has 0 aliphatic heterocycles. The Morgan fingerprint density at radius 1 is 1.38 bits per heavy atom. The van der Waals surface area contributed by atoms with Crippen LogP contribution in [0.5, 0.6) is 0 Å². The maximum Gasteiger partial charge on any atom is 0.344 e. The highest BCUT2D eigenvalue weighted by Gasteiger charge is 2.24. The quantitative estimate of drug-likeness (QED) is 0.847. The lowest BCUT2D eigenvalue weighted by Crippen LogP contribution is -2.22. The van der Waals surface area contributed by atoms with Crippen molar-refractivity contribution in [3.05, 3.63) is 46.8 Å². The Balaban J connectivity index is 2.01. The van der Waals surface area contributed by atoms with Crippen molar-refractivity contribution in [3.63, 3.8) is 0 Å². The van der Waals surface area contributed by atoms with Crippen LogP contribution in [-0.2, 0) is 9.53 Å². The SMILES string of the molecule is Cc1noc(C(C)C)c1C(=O)OCC(=O)Nc1ccccc1C#N. The minimum absolute atomic E-state index is 0.0370. The fourth-order valence-corrected chi connectivity index (χ4v) is 2.11. The second-order valence-corrected chi connectivity index (χ2v) is 5.44. The van der Waals surface area contributed by atoms with E-state index in [2.05, 4.69) is 10.5 Å². The number of carbonyl (C=O) groups is 2. The fourth-order valence-electron chi connectivity index (χ4n) is 2.11. The van der Waals surface area contributed by atoms with Crippen LogP contribution in [0.4, 0.5) is 5.69 Å². The zero-order valence-electron chi connectivity index (χ0n) is 13.6. The Morgan fingerprint density at radius 2 is 2.08 bits per heavy atom. The van der Waals surface area contributed by atoms with Crippen LogP contribution >= 0.6 is 0 Å². The van der Waals surface area contributed by atoms with Crippen molar-refractivity contribution >= 4 is 17.6 Å². The minimum atomic E-state index is -0.666. The van der Waals surface area contributed by atoms with Crippen LogP contribution in [0, 0.1) is 18.3 Å². The van der Waals surface area contributed by atoms with Crippen molar-refractivity contribution in [2.45, 2.75) is 26.7 Å². The van der Waals surface area contributed by atoms with Crippen molar-refractivity contribution in [1.29, 1.82) is 5.26 Å². The first-order valence-electron chi connectivity index (χ1n) is 7.36. The maximum absolute atomic E-state index is 12.2. The molecule has 0 aliphatic rings. The van der Waals surface area contributed by atoms with Gasteiger partial charge in [-0.15, -0.1) is 0 Å². The number of ether oxygens (including phenoxy) is 1. The zero-order chi connectivity index (χ0) is 17.7. The molecule has 0 unspecified atom stereocenters. The monoisotopic (exact) mass is 327 g/mol. The van der Waals surface area contributed by atoms with E-state index in [4.69, 9.17) is 14.5 Å². The summed E-state index contributed by atoms with van der Waals surface area (Å²) in [7, 11) is 0. The van der Waals surface area contributed by atoms with E-state index < -0.39 is 18.5 Å². The van der Waals surface area contributed by atoms with E-state index in [9.17, 15) is 9.59 Å². The number of anilines is 1. The van der Waals surface area contributed by atoms with Crippen LogP contribution in [0.2, 0.25) is 0 Å². The molecule has 7 nitrogen and oxygen atoms in total. The summed E-state index contributed by atoms with van der Waals surface area (Å²) in [5.74, 6) is -0.815. The van der Waals surface area contributed by atoms with Crippen molar-refractivity contribution in [2.24, 2.45) is 0 Å². The normalized spacial score (nSPS) is 10.3. The van der Waals surface area contributed by atoms with Crippen LogP contribution < -0.4 is 5.32 Å². The van der Waals surface area contributed by atoms with Gasteiger partial charge in [-0.05, 0) is 19.1 Å². The number of amides is 1. The molecule has 7 heteroatoms. The third-order valence-electron chi connectivity index (χ3n) is 3.27. The van der Waals surface area contributed by atoms with Gasteiger partial charge in [0.25, 0.3) is 5.91 Å². The Bertz CT molecular complexity index is 802. The van der Waals surface area contributed by atoms with Gasteiger partial charge >= 0.3 is 5.97 Å². The average Bonchev–Trinajstić information content (AvgIpc) is 2.95. The van der Waals surface area contributed by atoms with E-state index in [1.807, 2.05) is 19.9 Å². The first-order chi connectivity index (χ1) is 11.4. The number of para-hydroxylation sites is 1.